The fraction of sp³-hybridized carbons (Fsp3) is 0.449. The molecule has 0 unspecified atom stereocenters. The van der Waals surface area contributed by atoms with E-state index in [1.165, 1.54) is 57.3 Å². The molecule has 11 bridgehead atoms. The topological polar surface area (TPSA) is 620 Å². The number of likely N-dealkylation sites (N-methyl/N-ethyl adjacent to an activating group) is 1. The van der Waals surface area contributed by atoms with Crippen molar-refractivity contribution in [2.24, 2.45) is 23.3 Å². The lowest BCUT2D eigenvalue weighted by Crippen LogP contribution is -2.65. The van der Waals surface area contributed by atoms with Gasteiger partial charge in [-0.05, 0) is 169 Å². The highest BCUT2D eigenvalue weighted by Gasteiger charge is 2.54. The predicted molar refractivity (Wildman–Crippen MR) is 498 cm³/mol. The highest BCUT2D eigenvalue weighted by atomic mass is 35.5. The van der Waals surface area contributed by atoms with E-state index in [0.29, 0.717) is 5.02 Å². The first-order valence-corrected chi connectivity index (χ1v) is 46.6. The van der Waals surface area contributed by atoms with Gasteiger partial charge in [0.2, 0.25) is 59.2 Å². The van der Waals surface area contributed by atoms with Crippen molar-refractivity contribution in [1.82, 2.24) is 36.4 Å². The van der Waals surface area contributed by atoms with E-state index in [1.807, 2.05) is 36.4 Å². The SMILES string of the molecule is CC(=O)CN(CC(=O)O)C(=O)CCC(=O)N(C)[C@H](CC(C)C)C(=O)N[C@H]1C(=O)C[C@@H](CC(N)=O)C(=O)N[C@H]2C(=O)C[C@H]3C(=O)N[C@H](C(=O)N[C@H](C(=O)O)c4cc(O)cc5c4-c4cc3ccc4C5(O)O)[C@H](O[C@H]3C[C@](C)(N)[C@@H](O)[C@H](C)O3)c3ccc(c(Cl)c3)Oc3cc2cc(c3O[C@@H]2O[C@H](CO)[C@@H](O)[C@H](O)[C@H]2O[C@H]2C[C@](C)(NCc3ccc(-c4ccc(Cl)cc4)cc3)[C@@H](O)[C@H](C)O2)Oc2ccc(cc2Cl)[C@H]1O. The molecule has 3 fully saturated rings. The maximum absolute atomic E-state index is 16.9. The van der Waals surface area contributed by atoms with Gasteiger partial charge in [0.05, 0.1) is 59.4 Å². The molecule has 8 heterocycles. The van der Waals surface area contributed by atoms with Crippen molar-refractivity contribution in [3.63, 3.8) is 0 Å². The smallest absolute Gasteiger partial charge is 0.330 e. The molecule has 40 nitrogen and oxygen atoms in total. The number of fused-ring (bicyclic) bond motifs is 12. The van der Waals surface area contributed by atoms with E-state index >= 15 is 28.8 Å². The number of ether oxygens (including phenoxy) is 8. The average molecular weight is 2020 g/mol. The monoisotopic (exact) mass is 2010 g/mol. The van der Waals surface area contributed by atoms with E-state index in [2.05, 4.69) is 26.6 Å². The highest BCUT2D eigenvalue weighted by Crippen LogP contribution is 2.54. The molecule has 7 aromatic rings. The lowest BCUT2D eigenvalue weighted by atomic mass is 9.84. The van der Waals surface area contributed by atoms with Crippen LogP contribution in [0.3, 0.4) is 0 Å². The van der Waals surface area contributed by atoms with Gasteiger partial charge in [0.15, 0.2) is 47.8 Å². The van der Waals surface area contributed by atoms with Crippen LogP contribution in [-0.4, -0.2) is 260 Å². The molecule has 0 aromatic heterocycles. The normalized spacial score (nSPS) is 28.3. The molecule has 9 aliphatic rings. The summed E-state index contributed by atoms with van der Waals surface area (Å²) < 4.78 is 53.3. The van der Waals surface area contributed by atoms with Crippen LogP contribution in [0.4, 0.5) is 0 Å². The van der Waals surface area contributed by atoms with E-state index in [1.54, 1.807) is 39.8 Å². The van der Waals surface area contributed by atoms with Crippen LogP contribution in [0.1, 0.15) is 175 Å². The number of amides is 7. The van der Waals surface area contributed by atoms with Gasteiger partial charge in [0.1, 0.15) is 84.3 Å². The van der Waals surface area contributed by atoms with Crippen LogP contribution in [0.25, 0.3) is 22.3 Å². The number of Topliss-reactive ketones (excluding diaryl/α,β-unsaturated/α-hetero) is 3. The van der Waals surface area contributed by atoms with Gasteiger partial charge in [-0.15, -0.1) is 0 Å². The van der Waals surface area contributed by atoms with E-state index < -0.39 is 328 Å². The third-order valence-electron chi connectivity index (χ3n) is 26.4. The van der Waals surface area contributed by atoms with Crippen LogP contribution < -0.4 is 52.3 Å². The summed E-state index contributed by atoms with van der Waals surface area (Å²) in [6.07, 6.45) is -27.6. The zero-order valence-electron chi connectivity index (χ0n) is 77.5. The number of aromatic hydroxyl groups is 1. The number of aliphatic carboxylic acids is 2. The number of hydrogen-bond acceptors (Lipinski definition) is 31. The van der Waals surface area contributed by atoms with Gasteiger partial charge in [-0.25, -0.2) is 4.79 Å². The number of rotatable bonds is 26. The van der Waals surface area contributed by atoms with E-state index in [4.69, 9.17) is 84.2 Å². The van der Waals surface area contributed by atoms with Gasteiger partial charge in [0.25, 0.3) is 0 Å². The molecular weight excluding hydrogens is 1910 g/mol. The summed E-state index contributed by atoms with van der Waals surface area (Å²) >= 11 is 21.0. The molecule has 1 aliphatic carbocycles. The number of benzene rings is 7. The van der Waals surface area contributed by atoms with Crippen molar-refractivity contribution in [2.45, 2.75) is 239 Å². The Morgan fingerprint density at radius 1 is 0.652 bits per heavy atom. The largest absolute Gasteiger partial charge is 0.508 e. The Labute approximate surface area is 822 Å². The number of carboxylic acids is 2. The molecule has 7 amide bonds. The zero-order valence-corrected chi connectivity index (χ0v) is 79.8. The third-order valence-corrected chi connectivity index (χ3v) is 27.3. The second-order valence-electron chi connectivity index (χ2n) is 37.6. The molecule has 0 saturated carbocycles. The van der Waals surface area contributed by atoms with Gasteiger partial charge in [-0.1, -0.05) is 109 Å². The van der Waals surface area contributed by atoms with Gasteiger partial charge in [-0.2, -0.15) is 0 Å². The molecule has 16 rings (SSSR count). The van der Waals surface area contributed by atoms with Gasteiger partial charge >= 0.3 is 11.9 Å². The van der Waals surface area contributed by atoms with Crippen molar-refractivity contribution < 1.29 is 152 Å². The fourth-order valence-corrected chi connectivity index (χ4v) is 19.5. The average Bonchev–Trinajstić information content (AvgIpc) is 1.56. The summed E-state index contributed by atoms with van der Waals surface area (Å²) in [6.45, 7) is 8.27. The maximum Gasteiger partial charge on any atom is 0.330 e. The lowest BCUT2D eigenvalue weighted by molar-refractivity contribution is -0.334. The van der Waals surface area contributed by atoms with Crippen molar-refractivity contribution in [3.8, 4) is 56.8 Å². The van der Waals surface area contributed by atoms with Gasteiger partial charge < -0.3 is 142 Å². The zero-order chi connectivity index (χ0) is 102. The molecule has 7 aromatic carbocycles. The molecular formula is C98H110Cl3N9O31. The Morgan fingerprint density at radius 3 is 1.87 bits per heavy atom. The van der Waals surface area contributed by atoms with Gasteiger partial charge in [0, 0.05) is 85.8 Å². The molecule has 43 heteroatoms. The van der Waals surface area contributed by atoms with Crippen molar-refractivity contribution in [3.05, 3.63) is 187 Å². The minimum absolute atomic E-state index is 0.163. The van der Waals surface area contributed by atoms with E-state index in [-0.39, 0.29) is 59.2 Å². The van der Waals surface area contributed by atoms with Crippen LogP contribution in [0.5, 0.6) is 34.5 Å². The van der Waals surface area contributed by atoms with Crippen LogP contribution in [-0.2, 0) is 93.6 Å². The molecule has 141 heavy (non-hydrogen) atoms. The standard InChI is InChI=1S/C98H110Cl3N9O31/c1-42(2)25-63(109(8)72(117)23-24-73(118)110(39-43(3)112)40-74(119)120)92(128)107-80-64(114)29-53(32-71(102)116)90(126)105-78-52-30-68(136-66-21-16-50(82(80)121)27-61(66)100)86(141-95-87(84(123)83(122)70(41-111)138-95)140-76-37-97(7,89(125)45(5)135-76)104-38-46-9-11-47(12-10-46)48-13-18-54(99)19-14-48)69(31-52)137-67-22-17-51(28-62(67)101)85(139-75-36-96(6,103)88(124)44(4)134-75)81-93(129)106-79(94(130)131)58-33-55(113)34-60-77(58)57-26-49(15-20-59(57)98(60,132)133)56(35-65(78)115)91(127)108-81/h9-22,26-28,30-31,33-34,42,44-45,53,56,63,70,75-76,78-85,87-89,95,104,111,113,121-125,132-133H,23-25,29,32,35-41,103H2,1-8H3,(H2,102,116)(H,105,126)(H,106,129)(H,107,128)(H,108,127)(H,119,120)(H,130,131)/t44-,45-,53-,56+,63+,70+,75-,76-,78+,79-,80-,81-,82+,83+,84-,85+,87+,88-,89-,95-,96-,97-/m0/s1. The number of hydrogen-bond donors (Lipinski definition) is 18. The molecule has 20 N–H and O–H groups in total. The molecule has 22 atom stereocenters. The number of carbonyl (C=O) groups excluding carboxylic acids is 10. The van der Waals surface area contributed by atoms with Crippen molar-refractivity contribution >= 4 is 105 Å². The number of aliphatic hydroxyl groups excluding tert-OH is 6. The number of nitrogens with two attached hydrogens (primary N) is 2. The van der Waals surface area contributed by atoms with E-state index in [0.717, 1.165) is 75.9 Å². The van der Waals surface area contributed by atoms with Crippen LogP contribution in [0, 0.1) is 11.8 Å². The minimum atomic E-state index is -3.09. The summed E-state index contributed by atoms with van der Waals surface area (Å²) in [5.74, 6) is -25.8. The summed E-state index contributed by atoms with van der Waals surface area (Å²) in [5.41, 5.74) is 9.40. The molecule has 754 valence electrons. The quantitative estimate of drug-likeness (QED) is 0.0314. The number of phenols is 1. The highest BCUT2D eigenvalue weighted by molar-refractivity contribution is 6.32. The fourth-order valence-electron chi connectivity index (χ4n) is 18.9. The first-order chi connectivity index (χ1) is 66.5. The summed E-state index contributed by atoms with van der Waals surface area (Å²) in [7, 11) is 1.19. The summed E-state index contributed by atoms with van der Waals surface area (Å²) in [4.78, 5) is 177. The molecule has 3 saturated heterocycles. The Kier molecular flexibility index (Phi) is 31.9. The summed E-state index contributed by atoms with van der Waals surface area (Å²) in [6, 6.07) is 18.7. The number of ketones is 3. The number of phenolic OH excluding ortho intramolecular Hbond substituents is 1. The molecule has 0 radical (unpaired) electrons. The number of primary amides is 1. The maximum atomic E-state index is 16.9. The van der Waals surface area contributed by atoms with Crippen LogP contribution >= 0.6 is 34.8 Å². The van der Waals surface area contributed by atoms with Crippen molar-refractivity contribution in [1.29, 1.82) is 0 Å². The first-order valence-electron chi connectivity index (χ1n) is 45.5. The second-order valence-corrected chi connectivity index (χ2v) is 38.8. The minimum Gasteiger partial charge on any atom is -0.508 e. The van der Waals surface area contributed by atoms with Gasteiger partial charge in [-0.3, -0.25) is 52.7 Å². The lowest BCUT2D eigenvalue weighted by Gasteiger charge is -2.48. The van der Waals surface area contributed by atoms with E-state index in [9.17, 15) is 84.9 Å². The Morgan fingerprint density at radius 2 is 1.26 bits per heavy atom. The van der Waals surface area contributed by atoms with Crippen LogP contribution in [0.2, 0.25) is 15.1 Å². The molecule has 8 aliphatic heterocycles. The Bertz CT molecular complexity index is 6000. The number of carboxylic acid groups (broad SMARTS) is 2. The summed E-state index contributed by atoms with van der Waals surface area (Å²) in [5, 5.41) is 142. The number of carbonyl (C=O) groups is 12. The number of aliphatic hydroxyl groups is 8. The third kappa shape index (κ3) is 23.0. The number of halogens is 3. The number of nitrogens with one attached hydrogen (secondary N) is 5. The Balaban J connectivity index is 0.946. The van der Waals surface area contributed by atoms with Crippen LogP contribution in [0.15, 0.2) is 127 Å². The first kappa shape index (κ1) is 105. The Hall–Kier alpha value is -11.8. The predicted octanol–water partition coefficient (Wildman–Crippen LogP) is 5.08. The van der Waals surface area contributed by atoms with Crippen molar-refractivity contribution in [2.75, 3.05) is 26.7 Å². The molecule has 0 spiro atoms. The number of nitrogens with zero attached hydrogens (tertiary/aromatic N) is 2. The second kappa shape index (κ2) is 42.8.